The molecule has 3 N–H and O–H groups in total. The molecule has 0 amide bonds. The van der Waals surface area contributed by atoms with Gasteiger partial charge in [0.15, 0.2) is 0 Å². The van der Waals surface area contributed by atoms with Crippen molar-refractivity contribution in [3.63, 3.8) is 0 Å². The van der Waals surface area contributed by atoms with Crippen LogP contribution < -0.4 is 5.73 Å². The zero-order chi connectivity index (χ0) is 15.4. The van der Waals surface area contributed by atoms with E-state index in [2.05, 4.69) is 4.74 Å². The summed E-state index contributed by atoms with van der Waals surface area (Å²) in [7, 11) is 0. The second kappa shape index (κ2) is 7.96. The van der Waals surface area contributed by atoms with E-state index >= 15 is 0 Å². The molecule has 0 spiro atoms. The van der Waals surface area contributed by atoms with Gasteiger partial charge in [0.05, 0.1) is 28.2 Å². The molecule has 0 saturated heterocycles. The Morgan fingerprint density at radius 1 is 1.62 bits per heavy atom. The summed E-state index contributed by atoms with van der Waals surface area (Å²) in [5, 5.41) is 20.3. The third kappa shape index (κ3) is 4.16. The number of hydrogen-bond acceptors (Lipinski definition) is 6. The topological polar surface area (TPSA) is 116 Å². The molecule has 2 atom stereocenters. The highest BCUT2D eigenvalue weighted by atomic mass is 35.5. The predicted octanol–water partition coefficient (Wildman–Crippen LogP) is 2.28. The fraction of sp³-hybridized carbons (Fsp3) is 0.364. The number of carbonyl (C=O) groups excluding carboxylic acids is 1. The van der Waals surface area contributed by atoms with Crippen LogP contribution in [0, 0.1) is 10.1 Å². The van der Waals surface area contributed by atoms with Gasteiger partial charge >= 0.3 is 5.97 Å². The van der Waals surface area contributed by atoms with E-state index in [-0.39, 0.29) is 24.0 Å². The molecule has 0 heterocycles. The largest absolute Gasteiger partial charge is 0.506 e. The number of hydrogen-bond donors (Lipinski definition) is 2. The molecule has 0 bridgehead atoms. The fourth-order valence-electron chi connectivity index (χ4n) is 1.57. The molecule has 0 aliphatic heterocycles. The van der Waals surface area contributed by atoms with Crippen molar-refractivity contribution in [2.75, 3.05) is 6.61 Å². The van der Waals surface area contributed by atoms with E-state index in [0.29, 0.717) is 0 Å². The van der Waals surface area contributed by atoms with Crippen LogP contribution in [0.4, 0.5) is 10.1 Å². The third-order valence-electron chi connectivity index (χ3n) is 2.50. The summed E-state index contributed by atoms with van der Waals surface area (Å²) >= 11 is 5.61. The summed E-state index contributed by atoms with van der Waals surface area (Å²) in [6.45, 7) is 1.39. The van der Waals surface area contributed by atoms with Gasteiger partial charge in [-0.25, -0.2) is 9.18 Å². The van der Waals surface area contributed by atoms with Crippen molar-refractivity contribution in [2.45, 2.75) is 19.1 Å². The SMILES string of the molecule is CCOC(=O)C(F)[C@H](N)c1c([N+](=O)[O-])ccc(Cl)c1O.Cl. The smallest absolute Gasteiger partial charge is 0.342 e. The number of nitrogens with two attached hydrogens (primary N) is 1. The van der Waals surface area contributed by atoms with Crippen LogP contribution in [0.15, 0.2) is 12.1 Å². The first-order chi connectivity index (χ1) is 9.31. The highest BCUT2D eigenvalue weighted by molar-refractivity contribution is 6.32. The maximum atomic E-state index is 13.8. The van der Waals surface area contributed by atoms with Gasteiger partial charge in [0.2, 0.25) is 6.17 Å². The van der Waals surface area contributed by atoms with Crippen LogP contribution in [0.1, 0.15) is 18.5 Å². The van der Waals surface area contributed by atoms with Crippen LogP contribution in [0.25, 0.3) is 0 Å². The molecule has 118 valence electrons. The van der Waals surface area contributed by atoms with Crippen molar-refractivity contribution in [1.29, 1.82) is 0 Å². The highest BCUT2D eigenvalue weighted by Crippen LogP contribution is 2.39. The lowest BCUT2D eigenvalue weighted by molar-refractivity contribution is -0.385. The van der Waals surface area contributed by atoms with E-state index < -0.39 is 40.1 Å². The van der Waals surface area contributed by atoms with Gasteiger partial charge in [-0.3, -0.25) is 10.1 Å². The van der Waals surface area contributed by atoms with E-state index in [4.69, 9.17) is 17.3 Å². The Hall–Kier alpha value is -1.64. The number of nitro benzene ring substituents is 1. The summed E-state index contributed by atoms with van der Waals surface area (Å²) in [6.07, 6.45) is -2.36. The van der Waals surface area contributed by atoms with E-state index in [1.54, 1.807) is 0 Å². The van der Waals surface area contributed by atoms with Crippen LogP contribution in [0.5, 0.6) is 5.75 Å². The Bertz CT molecular complexity index is 544. The minimum atomic E-state index is -2.36. The van der Waals surface area contributed by atoms with Gasteiger partial charge < -0.3 is 15.6 Å². The standard InChI is InChI=1S/C11H12ClFN2O5.ClH/c1-2-20-11(17)8(13)9(14)7-6(15(18)19)4-3-5(12)10(7)16;/h3-4,8-9,16H,2,14H2,1H3;1H/t8?,9-;/m1./s1. The van der Waals surface area contributed by atoms with E-state index in [0.717, 1.165) is 12.1 Å². The van der Waals surface area contributed by atoms with Gasteiger partial charge in [0.1, 0.15) is 5.75 Å². The fourth-order valence-corrected chi connectivity index (χ4v) is 1.74. The molecule has 0 saturated carbocycles. The van der Waals surface area contributed by atoms with E-state index in [1.807, 2.05) is 0 Å². The number of phenolic OH excluding ortho intramolecular Hbond substituents is 1. The van der Waals surface area contributed by atoms with Gasteiger partial charge in [0.25, 0.3) is 5.69 Å². The maximum Gasteiger partial charge on any atom is 0.342 e. The quantitative estimate of drug-likeness (QED) is 0.481. The van der Waals surface area contributed by atoms with E-state index in [9.17, 15) is 24.4 Å². The van der Waals surface area contributed by atoms with Crippen LogP contribution in [0.3, 0.4) is 0 Å². The zero-order valence-electron chi connectivity index (χ0n) is 10.8. The third-order valence-corrected chi connectivity index (χ3v) is 2.81. The number of esters is 1. The van der Waals surface area contributed by atoms with Gasteiger partial charge in [-0.1, -0.05) is 11.6 Å². The first kappa shape index (κ1) is 19.4. The Morgan fingerprint density at radius 2 is 2.19 bits per heavy atom. The molecular weight excluding hydrogens is 330 g/mol. The highest BCUT2D eigenvalue weighted by Gasteiger charge is 2.35. The summed E-state index contributed by atoms with van der Waals surface area (Å²) in [5.74, 6) is -2.01. The average Bonchev–Trinajstić information content (AvgIpc) is 2.39. The lowest BCUT2D eigenvalue weighted by atomic mass is 10.00. The number of nitro groups is 1. The van der Waals surface area contributed by atoms with Crippen LogP contribution >= 0.6 is 24.0 Å². The first-order valence-corrected chi connectivity index (χ1v) is 5.91. The number of rotatable bonds is 5. The molecule has 1 rings (SSSR count). The average molecular weight is 343 g/mol. The number of ether oxygens (including phenoxy) is 1. The van der Waals surface area contributed by atoms with Crippen molar-refractivity contribution in [1.82, 2.24) is 0 Å². The molecule has 10 heteroatoms. The van der Waals surface area contributed by atoms with Gasteiger partial charge in [-0.05, 0) is 13.0 Å². The molecule has 1 unspecified atom stereocenters. The monoisotopic (exact) mass is 342 g/mol. The number of nitrogens with zero attached hydrogens (tertiary/aromatic N) is 1. The van der Waals surface area contributed by atoms with Gasteiger partial charge in [-0.2, -0.15) is 0 Å². The molecule has 0 aliphatic rings. The lowest BCUT2D eigenvalue weighted by Gasteiger charge is -2.17. The number of alkyl halides is 1. The van der Waals surface area contributed by atoms with Crippen molar-refractivity contribution >= 4 is 35.7 Å². The van der Waals surface area contributed by atoms with Gasteiger partial charge in [-0.15, -0.1) is 12.4 Å². The van der Waals surface area contributed by atoms with Crippen LogP contribution in [-0.4, -0.2) is 28.8 Å². The normalized spacial score (nSPS) is 13.0. The minimum absolute atomic E-state index is 0. The number of benzene rings is 1. The van der Waals surface area contributed by atoms with Crippen molar-refractivity contribution in [3.8, 4) is 5.75 Å². The Kier molecular flexibility index (Phi) is 7.34. The molecule has 21 heavy (non-hydrogen) atoms. The summed E-state index contributed by atoms with van der Waals surface area (Å²) in [6, 6.07) is 0.269. The van der Waals surface area contributed by atoms with Crippen LogP contribution in [-0.2, 0) is 9.53 Å². The van der Waals surface area contributed by atoms with Crippen molar-refractivity contribution < 1.29 is 24.0 Å². The van der Waals surface area contributed by atoms with Crippen LogP contribution in [0.2, 0.25) is 5.02 Å². The minimum Gasteiger partial charge on any atom is -0.506 e. The number of halogens is 3. The molecule has 7 nitrogen and oxygen atoms in total. The lowest BCUT2D eigenvalue weighted by Crippen LogP contribution is -2.32. The molecule has 0 aromatic heterocycles. The number of aromatic hydroxyl groups is 1. The Labute approximate surface area is 130 Å². The van der Waals surface area contributed by atoms with Crippen molar-refractivity contribution in [3.05, 3.63) is 32.8 Å². The molecule has 0 fully saturated rings. The summed E-state index contributed by atoms with van der Waals surface area (Å²) in [4.78, 5) is 21.3. The Balaban J connectivity index is 0.00000400. The van der Waals surface area contributed by atoms with E-state index in [1.165, 1.54) is 6.92 Å². The first-order valence-electron chi connectivity index (χ1n) is 5.53. The second-order valence-corrected chi connectivity index (χ2v) is 4.17. The predicted molar refractivity (Wildman–Crippen MR) is 75.5 cm³/mol. The molecule has 1 aromatic rings. The molecule has 0 aliphatic carbocycles. The zero-order valence-corrected chi connectivity index (χ0v) is 12.4. The number of phenols is 1. The Morgan fingerprint density at radius 3 is 2.67 bits per heavy atom. The molecular formula is C11H13Cl2FN2O5. The van der Waals surface area contributed by atoms with Gasteiger partial charge in [0, 0.05) is 6.07 Å². The summed E-state index contributed by atoms with van der Waals surface area (Å²) in [5.41, 5.74) is 4.29. The summed E-state index contributed by atoms with van der Waals surface area (Å²) < 4.78 is 18.3. The molecule has 0 radical (unpaired) electrons. The molecule has 1 aromatic carbocycles. The van der Waals surface area contributed by atoms with Crippen molar-refractivity contribution in [2.24, 2.45) is 5.73 Å². The number of carbonyl (C=O) groups is 1. The second-order valence-electron chi connectivity index (χ2n) is 3.77. The maximum absolute atomic E-state index is 13.8.